The largest absolute Gasteiger partial charge is 0.378 e. The lowest BCUT2D eigenvalue weighted by molar-refractivity contribution is -0.123. The number of ether oxygens (including phenoxy) is 5. The topological polar surface area (TPSA) is 108 Å². The number of nitrogens with one attached hydrogen (secondary N) is 2. The molecule has 11 heteroatoms. The third kappa shape index (κ3) is 16.9. The number of hydrogen-bond acceptors (Lipinski definition) is 9. The smallest absolute Gasteiger partial charge is 0.257 e. The zero-order chi connectivity index (χ0) is 32.2. The minimum Gasteiger partial charge on any atom is -0.378 e. The number of likely N-dealkylation sites (N-methyl/N-ethyl adjacent to an activating group) is 1. The molecule has 0 aromatic heterocycles. The molecule has 0 radical (unpaired) electrons. The predicted molar refractivity (Wildman–Crippen MR) is 177 cm³/mol. The second-order valence-electron chi connectivity index (χ2n) is 11.5. The molecule has 0 spiro atoms. The van der Waals surface area contributed by atoms with E-state index in [1.807, 2.05) is 50.5 Å². The molecule has 0 atom stereocenters. The maximum Gasteiger partial charge on any atom is 0.257 e. The van der Waals surface area contributed by atoms with Crippen LogP contribution in [0.3, 0.4) is 0 Å². The van der Waals surface area contributed by atoms with E-state index in [1.54, 1.807) is 12.1 Å². The third-order valence-corrected chi connectivity index (χ3v) is 6.49. The van der Waals surface area contributed by atoms with Crippen LogP contribution >= 0.6 is 12.2 Å². The monoisotopic (exact) mass is 631 g/mol. The number of ketones is 1. The number of Topliss-reactive ketones (excluding diaryl/α,β-unsaturated/α-hetero) is 1. The van der Waals surface area contributed by atoms with Gasteiger partial charge in [0, 0.05) is 24.2 Å². The molecule has 0 saturated carbocycles. The molecule has 0 aliphatic heterocycles. The maximum absolute atomic E-state index is 12.5. The van der Waals surface area contributed by atoms with Gasteiger partial charge < -0.3 is 33.9 Å². The Hall–Kier alpha value is -2.77. The van der Waals surface area contributed by atoms with E-state index in [9.17, 15) is 9.59 Å². The molecule has 44 heavy (non-hydrogen) atoms. The third-order valence-electron chi connectivity index (χ3n) is 6.29. The molecule has 0 fully saturated rings. The fourth-order valence-electron chi connectivity index (χ4n) is 3.76. The lowest BCUT2D eigenvalue weighted by atomic mass is 9.87. The Kier molecular flexibility index (Phi) is 17.9. The van der Waals surface area contributed by atoms with E-state index in [0.29, 0.717) is 70.7 Å². The van der Waals surface area contributed by atoms with Gasteiger partial charge in [-0.15, -0.1) is 0 Å². The Morgan fingerprint density at radius 2 is 1.23 bits per heavy atom. The lowest BCUT2D eigenvalue weighted by Gasteiger charge is -2.19. The molecule has 0 unspecified atom stereocenters. The van der Waals surface area contributed by atoms with Crippen LogP contribution < -0.4 is 10.6 Å². The van der Waals surface area contributed by atoms with Crippen molar-refractivity contribution < 1.29 is 33.3 Å². The highest BCUT2D eigenvalue weighted by Crippen LogP contribution is 2.22. The first-order valence-electron chi connectivity index (χ1n) is 14.9. The Bertz CT molecular complexity index is 1120. The second-order valence-corrected chi connectivity index (χ2v) is 11.9. The molecule has 0 saturated heterocycles. The van der Waals surface area contributed by atoms with Crippen molar-refractivity contribution in [2.45, 2.75) is 32.6 Å². The summed E-state index contributed by atoms with van der Waals surface area (Å²) in [5, 5.41) is 5.89. The highest BCUT2D eigenvalue weighted by molar-refractivity contribution is 7.80. The fraction of sp³-hybridized carbons (Fsp3) is 0.545. The average molecular weight is 632 g/mol. The first-order chi connectivity index (χ1) is 21.0. The van der Waals surface area contributed by atoms with Gasteiger partial charge in [0.15, 0.2) is 10.9 Å². The van der Waals surface area contributed by atoms with E-state index in [0.717, 1.165) is 17.7 Å². The van der Waals surface area contributed by atoms with Crippen molar-refractivity contribution in [1.82, 2.24) is 10.2 Å². The maximum atomic E-state index is 12.5. The van der Waals surface area contributed by atoms with Crippen molar-refractivity contribution in [2.75, 3.05) is 92.0 Å². The van der Waals surface area contributed by atoms with Gasteiger partial charge in [0.2, 0.25) is 0 Å². The Balaban J connectivity index is 1.49. The zero-order valence-electron chi connectivity index (χ0n) is 26.8. The van der Waals surface area contributed by atoms with Crippen LogP contribution in [0.5, 0.6) is 0 Å². The lowest BCUT2D eigenvalue weighted by Crippen LogP contribution is -2.34. The van der Waals surface area contributed by atoms with E-state index >= 15 is 0 Å². The SMILES string of the molecule is CN(C)CCOCCOCCOCCOCCOCC(=O)Cc1ccc(NC(=S)NC(=O)c2ccc(C(C)(C)C)cc2)cc1. The summed E-state index contributed by atoms with van der Waals surface area (Å²) < 4.78 is 27.3. The van der Waals surface area contributed by atoms with Crippen LogP contribution in [0.15, 0.2) is 48.5 Å². The summed E-state index contributed by atoms with van der Waals surface area (Å²) in [6.45, 7) is 11.8. The summed E-state index contributed by atoms with van der Waals surface area (Å²) in [4.78, 5) is 26.9. The molecule has 2 N–H and O–H groups in total. The van der Waals surface area contributed by atoms with Crippen molar-refractivity contribution in [1.29, 1.82) is 0 Å². The molecular weight excluding hydrogens is 582 g/mol. The summed E-state index contributed by atoms with van der Waals surface area (Å²) in [6.07, 6.45) is 0.255. The Morgan fingerprint density at radius 1 is 0.727 bits per heavy atom. The van der Waals surface area contributed by atoms with Crippen molar-refractivity contribution >= 4 is 34.7 Å². The van der Waals surface area contributed by atoms with Crippen molar-refractivity contribution in [2.24, 2.45) is 0 Å². The molecule has 0 aliphatic carbocycles. The van der Waals surface area contributed by atoms with Crippen molar-refractivity contribution in [3.63, 3.8) is 0 Å². The van der Waals surface area contributed by atoms with Crippen LogP contribution in [0.1, 0.15) is 42.3 Å². The molecule has 0 aliphatic rings. The van der Waals surface area contributed by atoms with Crippen LogP contribution in [0, 0.1) is 0 Å². The summed E-state index contributed by atoms with van der Waals surface area (Å²) in [5.41, 5.74) is 3.26. The molecule has 10 nitrogen and oxygen atoms in total. The minimum absolute atomic E-state index is 0.0137. The van der Waals surface area contributed by atoms with Gasteiger partial charge in [-0.25, -0.2) is 0 Å². The Morgan fingerprint density at radius 3 is 1.73 bits per heavy atom. The van der Waals surface area contributed by atoms with Crippen molar-refractivity contribution in [3.05, 3.63) is 65.2 Å². The summed E-state index contributed by atoms with van der Waals surface area (Å²) in [5.74, 6) is -0.310. The van der Waals surface area contributed by atoms with Gasteiger partial charge in [-0.1, -0.05) is 45.0 Å². The number of benzene rings is 2. The van der Waals surface area contributed by atoms with Gasteiger partial charge in [-0.05, 0) is 67.1 Å². The van der Waals surface area contributed by atoms with Crippen LogP contribution in [-0.2, 0) is 40.3 Å². The quantitative estimate of drug-likeness (QED) is 0.156. The van der Waals surface area contributed by atoms with E-state index in [4.69, 9.17) is 35.9 Å². The summed E-state index contributed by atoms with van der Waals surface area (Å²) in [6, 6.07) is 14.8. The van der Waals surface area contributed by atoms with E-state index in [2.05, 4.69) is 36.3 Å². The van der Waals surface area contributed by atoms with Crippen LogP contribution in [0.25, 0.3) is 0 Å². The van der Waals surface area contributed by atoms with E-state index < -0.39 is 0 Å². The van der Waals surface area contributed by atoms with Crippen LogP contribution in [0.2, 0.25) is 0 Å². The number of carbonyl (C=O) groups is 2. The molecule has 244 valence electrons. The number of carbonyl (C=O) groups excluding carboxylic acids is 2. The van der Waals surface area contributed by atoms with Gasteiger partial charge in [0.25, 0.3) is 5.91 Å². The number of rotatable bonds is 21. The number of anilines is 1. The molecule has 1 amide bonds. The molecule has 2 aromatic carbocycles. The highest BCUT2D eigenvalue weighted by atomic mass is 32.1. The summed E-state index contributed by atoms with van der Waals surface area (Å²) in [7, 11) is 4.02. The van der Waals surface area contributed by atoms with Crippen molar-refractivity contribution in [3.8, 4) is 0 Å². The standard InChI is InChI=1S/C33H49N3O7S/c1-33(2,3)28-10-8-27(9-11-28)31(38)35-32(44)34-29-12-6-26(7-13-29)24-30(37)25-43-23-22-42-21-20-41-19-18-40-17-16-39-15-14-36(4)5/h6-13H,14-25H2,1-5H3,(H2,34,35,38,44). The van der Waals surface area contributed by atoms with Gasteiger partial charge in [-0.2, -0.15) is 0 Å². The highest BCUT2D eigenvalue weighted by Gasteiger charge is 2.15. The van der Waals surface area contributed by atoms with Gasteiger partial charge in [0.05, 0.1) is 59.5 Å². The molecular formula is C33H49N3O7S. The normalized spacial score (nSPS) is 11.5. The Labute approximate surface area is 267 Å². The van der Waals surface area contributed by atoms with Gasteiger partial charge >= 0.3 is 0 Å². The first kappa shape index (κ1) is 37.4. The molecule has 0 bridgehead atoms. The molecule has 0 heterocycles. The molecule has 2 rings (SSSR count). The summed E-state index contributed by atoms with van der Waals surface area (Å²) >= 11 is 5.29. The van der Waals surface area contributed by atoms with E-state index in [1.165, 1.54) is 0 Å². The van der Waals surface area contributed by atoms with Gasteiger partial charge in [-0.3, -0.25) is 14.9 Å². The van der Waals surface area contributed by atoms with Crippen LogP contribution in [-0.4, -0.2) is 108 Å². The fourth-order valence-corrected chi connectivity index (χ4v) is 3.97. The zero-order valence-corrected chi connectivity index (χ0v) is 27.6. The number of nitrogens with zero attached hydrogens (tertiary/aromatic N) is 1. The number of amides is 1. The predicted octanol–water partition coefficient (Wildman–Crippen LogP) is 3.87. The van der Waals surface area contributed by atoms with E-state index in [-0.39, 0.29) is 35.2 Å². The number of thiocarbonyl (C=S) groups is 1. The average Bonchev–Trinajstić information content (AvgIpc) is 2.97. The second kappa shape index (κ2) is 21.1. The van der Waals surface area contributed by atoms with Gasteiger partial charge in [0.1, 0.15) is 6.61 Å². The molecule has 2 aromatic rings. The van der Waals surface area contributed by atoms with Crippen LogP contribution in [0.4, 0.5) is 5.69 Å². The first-order valence-corrected chi connectivity index (χ1v) is 15.3. The number of hydrogen-bond donors (Lipinski definition) is 2. The minimum atomic E-state index is -0.279.